The molecule has 0 fully saturated rings. The Kier molecular flexibility index (Phi) is 11.0. The van der Waals surface area contributed by atoms with Crippen LogP contribution in [0.1, 0.15) is 0 Å². The molecule has 0 unspecified atom stereocenters. The van der Waals surface area contributed by atoms with Gasteiger partial charge in [0.2, 0.25) is 0 Å². The van der Waals surface area contributed by atoms with E-state index in [1.54, 1.807) is 0 Å². The van der Waals surface area contributed by atoms with Gasteiger partial charge in [0.05, 0.1) is 0 Å². The molecule has 0 saturated heterocycles. The molecule has 1 heteroatoms. The van der Waals surface area contributed by atoms with E-state index in [9.17, 15) is 0 Å². The van der Waals surface area contributed by atoms with Gasteiger partial charge in [0.15, 0.2) is 0 Å². The second kappa shape index (κ2) is 18.3. The summed E-state index contributed by atoms with van der Waals surface area (Å²) in [5, 5.41) is 4.98. The lowest BCUT2D eigenvalue weighted by Crippen LogP contribution is -2.09. The molecule has 0 amide bonds. The Morgan fingerprint density at radius 2 is 0.551 bits per heavy atom. The number of anilines is 3. The minimum Gasteiger partial charge on any atom is -0.311 e. The highest BCUT2D eigenvalue weighted by molar-refractivity contribution is 6.04. The third kappa shape index (κ3) is 8.28. The predicted octanol–water partition coefficient (Wildman–Crippen LogP) is 19.1. The van der Waals surface area contributed by atoms with Gasteiger partial charge in [-0.25, -0.2) is 0 Å². The largest absolute Gasteiger partial charge is 0.311 e. The minimum absolute atomic E-state index is 1.08. The second-order valence-electron chi connectivity index (χ2n) is 17.7. The first kappa shape index (κ1) is 41.4. The summed E-state index contributed by atoms with van der Waals surface area (Å²) in [6, 6.07) is 104. The Bertz CT molecular complexity index is 3710. The van der Waals surface area contributed by atoms with Gasteiger partial charge >= 0.3 is 0 Å². The van der Waals surface area contributed by atoms with E-state index in [1.807, 2.05) is 0 Å². The van der Waals surface area contributed by atoms with Crippen molar-refractivity contribution in [2.75, 3.05) is 4.90 Å². The number of hydrogen-bond acceptors (Lipinski definition) is 1. The van der Waals surface area contributed by atoms with Gasteiger partial charge in [0.1, 0.15) is 0 Å². The van der Waals surface area contributed by atoms with Crippen molar-refractivity contribution in [1.29, 1.82) is 0 Å². The van der Waals surface area contributed by atoms with Crippen molar-refractivity contribution in [3.8, 4) is 77.9 Å². The van der Waals surface area contributed by atoms with E-state index >= 15 is 0 Å². The van der Waals surface area contributed by atoms with Crippen molar-refractivity contribution in [2.45, 2.75) is 0 Å². The van der Waals surface area contributed by atoms with Crippen LogP contribution in [0.4, 0.5) is 17.1 Å². The van der Waals surface area contributed by atoms with Crippen molar-refractivity contribution >= 4 is 38.6 Å². The van der Waals surface area contributed by atoms with Crippen molar-refractivity contribution < 1.29 is 0 Å². The van der Waals surface area contributed by atoms with Gasteiger partial charge in [0.25, 0.3) is 0 Å². The number of fused-ring (bicyclic) bond motifs is 2. The molecule has 12 aromatic rings. The Morgan fingerprint density at radius 1 is 0.188 bits per heavy atom. The highest BCUT2D eigenvalue weighted by Gasteiger charge is 2.17. The maximum absolute atomic E-state index is 2.37. The lowest BCUT2D eigenvalue weighted by Gasteiger charge is -2.26. The Morgan fingerprint density at radius 3 is 1.12 bits per heavy atom. The molecule has 69 heavy (non-hydrogen) atoms. The highest BCUT2D eigenvalue weighted by atomic mass is 15.1. The quantitative estimate of drug-likeness (QED) is 0.132. The van der Waals surface area contributed by atoms with Gasteiger partial charge in [-0.15, -0.1) is 0 Å². The average Bonchev–Trinajstić information content (AvgIpc) is 3.44. The van der Waals surface area contributed by atoms with Crippen molar-refractivity contribution in [1.82, 2.24) is 0 Å². The number of benzene rings is 12. The SMILES string of the molecule is c1ccc(-c2ccc(-c3ccc(N(c4ccc(-c5ccc(-c6ccc7ccccc7c6)cc5)cc4)c4ccc(-c5c(-c6ccccc6)ccc6ccccc56)cc4)cc3)cc2-c2ccccc2)cc1. The summed E-state index contributed by atoms with van der Waals surface area (Å²) in [6.45, 7) is 0. The molecule has 1 nitrogen and oxygen atoms in total. The van der Waals surface area contributed by atoms with Crippen LogP contribution < -0.4 is 4.90 Å². The Balaban J connectivity index is 0.916. The summed E-state index contributed by atoms with van der Waals surface area (Å²) in [5.74, 6) is 0. The van der Waals surface area contributed by atoms with Crippen LogP contribution in [0, 0.1) is 0 Å². The van der Waals surface area contributed by atoms with Crippen LogP contribution in [-0.2, 0) is 0 Å². The van der Waals surface area contributed by atoms with Crippen LogP contribution in [0.3, 0.4) is 0 Å². The molecule has 0 bridgehead atoms. The molecular weight excluding hydrogens is 831 g/mol. The van der Waals surface area contributed by atoms with Crippen LogP contribution >= 0.6 is 0 Å². The summed E-state index contributed by atoms with van der Waals surface area (Å²) in [7, 11) is 0. The smallest absolute Gasteiger partial charge is 0.0462 e. The molecular formula is C68H47N. The molecule has 0 N–H and O–H groups in total. The van der Waals surface area contributed by atoms with Crippen molar-refractivity contribution in [2.24, 2.45) is 0 Å². The fourth-order valence-electron chi connectivity index (χ4n) is 9.94. The fourth-order valence-corrected chi connectivity index (χ4v) is 9.94. The number of rotatable bonds is 10. The Labute approximate surface area is 404 Å². The molecule has 0 heterocycles. The summed E-state index contributed by atoms with van der Waals surface area (Å²) >= 11 is 0. The normalized spacial score (nSPS) is 11.2. The topological polar surface area (TPSA) is 3.24 Å². The molecule has 0 radical (unpaired) electrons. The molecule has 324 valence electrons. The van der Waals surface area contributed by atoms with E-state index in [0.717, 1.165) is 22.6 Å². The first-order valence-electron chi connectivity index (χ1n) is 23.7. The lowest BCUT2D eigenvalue weighted by atomic mass is 9.89. The van der Waals surface area contributed by atoms with Gasteiger partial charge in [-0.1, -0.05) is 237 Å². The predicted molar refractivity (Wildman–Crippen MR) is 294 cm³/mol. The van der Waals surface area contributed by atoms with Gasteiger partial charge < -0.3 is 4.90 Å². The van der Waals surface area contributed by atoms with E-state index in [4.69, 9.17) is 0 Å². The van der Waals surface area contributed by atoms with Crippen molar-refractivity contribution in [3.05, 3.63) is 285 Å². The molecule has 12 rings (SSSR count). The van der Waals surface area contributed by atoms with Gasteiger partial charge in [-0.2, -0.15) is 0 Å². The van der Waals surface area contributed by atoms with E-state index in [0.29, 0.717) is 0 Å². The number of hydrogen-bond donors (Lipinski definition) is 0. The van der Waals surface area contributed by atoms with E-state index in [2.05, 4.69) is 290 Å². The molecule has 0 aliphatic rings. The van der Waals surface area contributed by atoms with Crippen LogP contribution in [0.15, 0.2) is 285 Å². The van der Waals surface area contributed by atoms with E-state index in [-0.39, 0.29) is 0 Å². The molecule has 12 aromatic carbocycles. The third-order valence-electron chi connectivity index (χ3n) is 13.5. The molecule has 0 aliphatic carbocycles. The van der Waals surface area contributed by atoms with Crippen LogP contribution in [0.2, 0.25) is 0 Å². The van der Waals surface area contributed by atoms with E-state index in [1.165, 1.54) is 93.9 Å². The first-order valence-corrected chi connectivity index (χ1v) is 23.7. The lowest BCUT2D eigenvalue weighted by molar-refractivity contribution is 1.28. The maximum atomic E-state index is 2.37. The monoisotopic (exact) mass is 877 g/mol. The van der Waals surface area contributed by atoms with Gasteiger partial charge in [-0.3, -0.25) is 0 Å². The zero-order valence-electron chi connectivity index (χ0n) is 38.1. The zero-order chi connectivity index (χ0) is 45.9. The highest BCUT2D eigenvalue weighted by Crippen LogP contribution is 2.43. The Hall–Kier alpha value is -9.04. The van der Waals surface area contributed by atoms with Gasteiger partial charge in [-0.05, 0) is 148 Å². The summed E-state index contributed by atoms with van der Waals surface area (Å²) in [5.41, 5.74) is 20.1. The third-order valence-corrected chi connectivity index (χ3v) is 13.5. The fraction of sp³-hybridized carbons (Fsp3) is 0. The van der Waals surface area contributed by atoms with Crippen molar-refractivity contribution in [3.63, 3.8) is 0 Å². The first-order chi connectivity index (χ1) is 34.2. The summed E-state index contributed by atoms with van der Waals surface area (Å²) in [4.78, 5) is 2.37. The van der Waals surface area contributed by atoms with Crippen LogP contribution in [-0.4, -0.2) is 0 Å². The zero-order valence-corrected chi connectivity index (χ0v) is 38.1. The standard InChI is InChI=1S/C68H47N/c1-4-15-53(16-5-1)64-44-37-60(47-67(64)55-19-8-3-9-20-55)52-32-40-62(41-33-52)69(61-38-30-50(31-39-61)49-24-26-51(27-25-49)59-29-28-48-14-10-11-22-58(48)46-59)63-42-34-57(35-43-63)68-65-23-13-12-21-56(65)36-45-66(68)54-17-6-2-7-18-54/h1-47H. The maximum Gasteiger partial charge on any atom is 0.0462 e. The van der Waals surface area contributed by atoms with E-state index < -0.39 is 0 Å². The van der Waals surface area contributed by atoms with Crippen LogP contribution in [0.25, 0.3) is 99.4 Å². The summed E-state index contributed by atoms with van der Waals surface area (Å²) in [6.07, 6.45) is 0. The molecule has 0 aromatic heterocycles. The molecule has 0 aliphatic heterocycles. The second-order valence-corrected chi connectivity index (χ2v) is 17.7. The van der Waals surface area contributed by atoms with Gasteiger partial charge in [0, 0.05) is 17.1 Å². The average molecular weight is 878 g/mol. The minimum atomic E-state index is 1.08. The summed E-state index contributed by atoms with van der Waals surface area (Å²) < 4.78 is 0. The number of nitrogens with zero attached hydrogens (tertiary/aromatic N) is 1. The molecule has 0 atom stereocenters. The molecule has 0 spiro atoms. The molecule has 0 saturated carbocycles. The van der Waals surface area contributed by atoms with Crippen LogP contribution in [0.5, 0.6) is 0 Å².